The molecule has 2 unspecified atom stereocenters. The van der Waals surface area contributed by atoms with Crippen LogP contribution in [-0.2, 0) is 20.2 Å². The van der Waals surface area contributed by atoms with Gasteiger partial charge in [-0.3, -0.25) is 4.79 Å². The van der Waals surface area contributed by atoms with E-state index in [1.54, 1.807) is 32.0 Å². The van der Waals surface area contributed by atoms with Crippen LogP contribution in [0.4, 0.5) is 13.2 Å². The van der Waals surface area contributed by atoms with E-state index in [4.69, 9.17) is 28.0 Å². The highest BCUT2D eigenvalue weighted by Crippen LogP contribution is 2.49. The number of hydrogen-bond donors (Lipinski definition) is 0. The molecule has 0 fully saturated rings. The first kappa shape index (κ1) is 28.1. The predicted octanol–water partition coefficient (Wildman–Crippen LogP) is 7.88. The summed E-state index contributed by atoms with van der Waals surface area (Å²) < 4.78 is 60.4. The summed E-state index contributed by atoms with van der Waals surface area (Å²) in [6.07, 6.45) is -5.45. The molecule has 5 nitrogen and oxygen atoms in total. The third kappa shape index (κ3) is 5.32. The maximum absolute atomic E-state index is 14.3. The second-order valence-corrected chi connectivity index (χ2v) is 12.3. The molecule has 0 bridgehead atoms. The highest BCUT2D eigenvalue weighted by Gasteiger charge is 2.62. The fraction of sp³-hybridized carbons (Fsp3) is 0.259. The minimum absolute atomic E-state index is 0.0324. The van der Waals surface area contributed by atoms with Crippen LogP contribution >= 0.6 is 23.2 Å². The van der Waals surface area contributed by atoms with E-state index in [0.29, 0.717) is 16.0 Å². The third-order valence-electron chi connectivity index (χ3n) is 6.28. The molecular formula is C27H23Cl2F3N2O3S. The lowest BCUT2D eigenvalue weighted by molar-refractivity contribution is -0.275. The summed E-state index contributed by atoms with van der Waals surface area (Å²) in [7, 11) is -3.00. The average Bonchev–Trinajstić information content (AvgIpc) is 3.30. The van der Waals surface area contributed by atoms with Crippen molar-refractivity contribution in [1.82, 2.24) is 0 Å². The van der Waals surface area contributed by atoms with Crippen LogP contribution in [0.5, 0.6) is 0 Å². The Hall–Kier alpha value is -2.88. The first-order chi connectivity index (χ1) is 17.8. The van der Waals surface area contributed by atoms with Gasteiger partial charge in [-0.25, -0.2) is 4.21 Å². The standard InChI is InChI=1S/C27H23Cl2F3N2O3S/c1-4-38(36,22-7-5-6-16(2)10-22)34-25(35)23-9-8-18(11-17(23)3)24-15-26(37-33-24,27(30,31)32)19-12-20(28)14-21(29)13-19/h5-14H,4,15H2,1-3H3. The molecule has 11 heteroatoms. The Morgan fingerprint density at radius 2 is 1.76 bits per heavy atom. The Bertz CT molecular complexity index is 1560. The lowest BCUT2D eigenvalue weighted by Gasteiger charge is -2.29. The van der Waals surface area contributed by atoms with Gasteiger partial charge in [0.25, 0.3) is 11.5 Å². The van der Waals surface area contributed by atoms with E-state index in [1.165, 1.54) is 24.3 Å². The molecule has 3 aromatic rings. The quantitative estimate of drug-likeness (QED) is 0.307. The summed E-state index contributed by atoms with van der Waals surface area (Å²) in [5.41, 5.74) is -1.14. The maximum Gasteiger partial charge on any atom is 0.435 e. The van der Waals surface area contributed by atoms with E-state index in [9.17, 15) is 22.2 Å². The number of amides is 1. The zero-order valence-electron chi connectivity index (χ0n) is 20.6. The van der Waals surface area contributed by atoms with Gasteiger partial charge < -0.3 is 4.84 Å². The Morgan fingerprint density at radius 1 is 1.08 bits per heavy atom. The second-order valence-electron chi connectivity index (χ2n) is 8.96. The fourth-order valence-corrected chi connectivity index (χ4v) is 6.33. The third-order valence-corrected chi connectivity index (χ3v) is 8.95. The monoisotopic (exact) mass is 582 g/mol. The van der Waals surface area contributed by atoms with Crippen molar-refractivity contribution in [3.05, 3.63) is 98.5 Å². The number of alkyl halides is 3. The Morgan fingerprint density at radius 3 is 2.34 bits per heavy atom. The van der Waals surface area contributed by atoms with Crippen molar-refractivity contribution in [1.29, 1.82) is 0 Å². The number of oxime groups is 1. The van der Waals surface area contributed by atoms with Gasteiger partial charge in [0.1, 0.15) is 0 Å². The molecule has 1 amide bonds. The van der Waals surface area contributed by atoms with Crippen LogP contribution in [0.1, 0.15) is 46.0 Å². The number of aryl methyl sites for hydroxylation is 2. The number of benzene rings is 3. The zero-order valence-corrected chi connectivity index (χ0v) is 22.9. The van der Waals surface area contributed by atoms with E-state index in [1.807, 2.05) is 13.0 Å². The summed E-state index contributed by atoms with van der Waals surface area (Å²) >= 11 is 11.9. The molecule has 1 aliphatic heterocycles. The Balaban J connectivity index is 1.66. The summed E-state index contributed by atoms with van der Waals surface area (Å²) in [4.78, 5) is 18.5. The van der Waals surface area contributed by atoms with E-state index in [-0.39, 0.29) is 32.6 Å². The van der Waals surface area contributed by atoms with Crippen molar-refractivity contribution in [2.45, 2.75) is 43.9 Å². The molecular weight excluding hydrogens is 560 g/mol. The maximum atomic E-state index is 14.3. The molecule has 3 aromatic carbocycles. The van der Waals surface area contributed by atoms with Crippen molar-refractivity contribution in [2.75, 3.05) is 5.75 Å². The van der Waals surface area contributed by atoms with Gasteiger partial charge in [-0.2, -0.15) is 17.5 Å². The van der Waals surface area contributed by atoms with E-state index >= 15 is 0 Å². The molecule has 0 saturated heterocycles. The van der Waals surface area contributed by atoms with E-state index in [2.05, 4.69) is 9.52 Å². The highest BCUT2D eigenvalue weighted by atomic mass is 35.5. The molecule has 0 saturated carbocycles. The van der Waals surface area contributed by atoms with Crippen LogP contribution < -0.4 is 0 Å². The summed E-state index contributed by atoms with van der Waals surface area (Å²) in [5.74, 6) is -0.536. The van der Waals surface area contributed by atoms with Crippen molar-refractivity contribution in [3.8, 4) is 0 Å². The zero-order chi connectivity index (χ0) is 27.9. The van der Waals surface area contributed by atoms with Crippen LogP contribution in [-0.4, -0.2) is 27.8 Å². The molecule has 0 N–H and O–H groups in total. The van der Waals surface area contributed by atoms with Crippen LogP contribution in [0, 0.1) is 13.8 Å². The van der Waals surface area contributed by atoms with Gasteiger partial charge >= 0.3 is 6.18 Å². The molecule has 1 heterocycles. The van der Waals surface area contributed by atoms with Crippen molar-refractivity contribution in [3.63, 3.8) is 0 Å². The van der Waals surface area contributed by atoms with Gasteiger partial charge in [0.05, 0.1) is 15.4 Å². The molecule has 200 valence electrons. The Kier molecular flexibility index (Phi) is 7.67. The molecule has 4 rings (SSSR count). The SMILES string of the molecule is CCS(=O)(=NC(=O)c1ccc(C2=NOC(c3cc(Cl)cc(Cl)c3)(C(F)(F)F)C2)cc1C)c1cccc(C)c1. The second kappa shape index (κ2) is 10.4. The molecule has 0 aromatic heterocycles. The minimum atomic E-state index is -4.83. The Labute approximate surface area is 228 Å². The van der Waals surface area contributed by atoms with E-state index < -0.39 is 33.8 Å². The normalized spacial score (nSPS) is 18.9. The molecule has 0 spiro atoms. The van der Waals surface area contributed by atoms with Crippen LogP contribution in [0.3, 0.4) is 0 Å². The van der Waals surface area contributed by atoms with Crippen LogP contribution in [0.15, 0.2) is 75.1 Å². The molecule has 0 aliphatic carbocycles. The number of halogens is 5. The lowest BCUT2D eigenvalue weighted by atomic mass is 9.86. The van der Waals surface area contributed by atoms with Gasteiger partial charge in [0.2, 0.25) is 0 Å². The molecule has 0 radical (unpaired) electrons. The topological polar surface area (TPSA) is 68.1 Å². The number of carbonyl (C=O) groups excluding carboxylic acids is 1. The van der Waals surface area contributed by atoms with Gasteiger partial charge in [-0.1, -0.05) is 53.5 Å². The van der Waals surface area contributed by atoms with Crippen molar-refractivity contribution in [2.24, 2.45) is 9.52 Å². The number of carbonyl (C=O) groups is 1. The summed E-state index contributed by atoms with van der Waals surface area (Å²) in [6, 6.07) is 15.1. The minimum Gasteiger partial charge on any atom is -0.374 e. The van der Waals surface area contributed by atoms with Crippen LogP contribution in [0.25, 0.3) is 0 Å². The number of rotatable bonds is 5. The fourth-order valence-electron chi connectivity index (χ4n) is 4.21. The largest absolute Gasteiger partial charge is 0.435 e. The van der Waals surface area contributed by atoms with E-state index in [0.717, 1.165) is 17.7 Å². The summed E-state index contributed by atoms with van der Waals surface area (Å²) in [5, 5.41) is 3.82. The average molecular weight is 583 g/mol. The molecule has 2 atom stereocenters. The molecule has 38 heavy (non-hydrogen) atoms. The van der Waals surface area contributed by atoms with Gasteiger partial charge in [0, 0.05) is 38.2 Å². The number of hydrogen-bond acceptors (Lipinski definition) is 4. The molecule has 1 aliphatic rings. The van der Waals surface area contributed by atoms with Crippen molar-refractivity contribution >= 4 is 44.5 Å². The first-order valence-electron chi connectivity index (χ1n) is 11.5. The highest BCUT2D eigenvalue weighted by molar-refractivity contribution is 7.94. The number of nitrogens with zero attached hydrogens (tertiary/aromatic N) is 2. The van der Waals surface area contributed by atoms with Crippen LogP contribution in [0.2, 0.25) is 10.0 Å². The van der Waals surface area contributed by atoms with Gasteiger partial charge in [0.15, 0.2) is 0 Å². The predicted molar refractivity (Wildman–Crippen MR) is 142 cm³/mol. The van der Waals surface area contributed by atoms with Crippen molar-refractivity contribution < 1.29 is 27.0 Å². The van der Waals surface area contributed by atoms with Gasteiger partial charge in [-0.15, -0.1) is 0 Å². The first-order valence-corrected chi connectivity index (χ1v) is 14.0. The van der Waals surface area contributed by atoms with Gasteiger partial charge in [-0.05, 0) is 73.0 Å². The lowest BCUT2D eigenvalue weighted by Crippen LogP contribution is -2.42. The summed E-state index contributed by atoms with van der Waals surface area (Å²) in [6.45, 7) is 5.17. The smallest absolute Gasteiger partial charge is 0.374 e.